The van der Waals surface area contributed by atoms with Crippen LogP contribution < -0.4 is 20.7 Å². The van der Waals surface area contributed by atoms with E-state index in [4.69, 9.17) is 9.15 Å². The number of anilines is 2. The summed E-state index contributed by atoms with van der Waals surface area (Å²) in [6.45, 7) is 1.54. The van der Waals surface area contributed by atoms with Crippen molar-refractivity contribution >= 4 is 29.3 Å². The zero-order valence-corrected chi connectivity index (χ0v) is 20.4. The topological polar surface area (TPSA) is 140 Å². The molecule has 2 atom stereocenters. The third-order valence-electron chi connectivity index (χ3n) is 7.17. The van der Waals surface area contributed by atoms with E-state index < -0.39 is 34.2 Å². The molecule has 1 saturated carbocycles. The van der Waals surface area contributed by atoms with Gasteiger partial charge in [-0.05, 0) is 24.3 Å². The van der Waals surface area contributed by atoms with Gasteiger partial charge in [-0.25, -0.2) is 14.6 Å². The summed E-state index contributed by atoms with van der Waals surface area (Å²) in [4.78, 5) is 38.7. The van der Waals surface area contributed by atoms with Crippen molar-refractivity contribution in [2.24, 2.45) is 0 Å². The number of amides is 2. The molecule has 1 aromatic heterocycles. The van der Waals surface area contributed by atoms with Gasteiger partial charge in [0, 0.05) is 45.5 Å². The first kappa shape index (κ1) is 24.0. The fourth-order valence-corrected chi connectivity index (χ4v) is 5.11. The van der Waals surface area contributed by atoms with E-state index in [9.17, 15) is 19.7 Å². The second kappa shape index (κ2) is 8.88. The first-order valence-electron chi connectivity index (χ1n) is 12.1. The van der Waals surface area contributed by atoms with Gasteiger partial charge in [-0.3, -0.25) is 29.8 Å². The second-order valence-electron chi connectivity index (χ2n) is 9.47. The Morgan fingerprint density at radius 2 is 2.08 bits per heavy atom. The number of furan rings is 1. The van der Waals surface area contributed by atoms with Crippen LogP contribution in [0, 0.1) is 15.9 Å². The SMILES string of the molecule is CN1NC=CN1[C@H]1C[C@]12CN(c1ccc(N3CCNN(C(=O)c4ccc([N+](=O)[O-])o4)CC3)c(F)c1)C(=O)O2. The van der Waals surface area contributed by atoms with E-state index >= 15 is 4.39 Å². The minimum atomic E-state index is -0.716. The van der Waals surface area contributed by atoms with Gasteiger partial charge in [-0.1, -0.05) is 0 Å². The molecular formula is C23H25FN8O6. The summed E-state index contributed by atoms with van der Waals surface area (Å²) in [6, 6.07) is 6.98. The summed E-state index contributed by atoms with van der Waals surface area (Å²) < 4.78 is 26.0. The molecule has 2 saturated heterocycles. The van der Waals surface area contributed by atoms with Gasteiger partial charge in [0.1, 0.15) is 10.7 Å². The molecule has 4 heterocycles. The lowest BCUT2D eigenvalue weighted by molar-refractivity contribution is -0.402. The summed E-state index contributed by atoms with van der Waals surface area (Å²) in [5.41, 5.74) is 6.09. The standard InChI is InChI=1S/C23H25FN8O6/c1-27-25-7-9-31(27)19-13-23(19)14-29(22(34)38-23)15-2-3-17(16(24)12-15)28-8-6-26-30(11-10-28)21(33)18-4-5-20(37-18)32(35)36/h2-5,7,9,12,19,25-26H,6,8,10-11,13-14H2,1H3/t19-,23-/m0/s1. The van der Waals surface area contributed by atoms with E-state index in [2.05, 4.69) is 10.9 Å². The minimum Gasteiger partial charge on any atom is -0.438 e. The molecule has 1 spiro atoms. The Morgan fingerprint density at radius 1 is 1.24 bits per heavy atom. The van der Waals surface area contributed by atoms with E-state index in [1.807, 2.05) is 23.4 Å². The molecule has 6 rings (SSSR count). The van der Waals surface area contributed by atoms with Crippen LogP contribution in [0.1, 0.15) is 17.0 Å². The van der Waals surface area contributed by atoms with Crippen LogP contribution in [-0.2, 0) is 4.74 Å². The van der Waals surface area contributed by atoms with Crippen molar-refractivity contribution in [3.05, 3.63) is 64.4 Å². The summed E-state index contributed by atoms with van der Waals surface area (Å²) in [5.74, 6) is -1.74. The molecule has 2 aromatic rings. The Bertz CT molecular complexity index is 1330. The third kappa shape index (κ3) is 4.05. The van der Waals surface area contributed by atoms with Crippen LogP contribution in [0.15, 0.2) is 47.1 Å². The minimum absolute atomic E-state index is 0.000564. The maximum Gasteiger partial charge on any atom is 0.433 e. The molecule has 1 aromatic carbocycles. The van der Waals surface area contributed by atoms with E-state index in [0.717, 1.165) is 6.07 Å². The average molecular weight is 529 g/mol. The number of ether oxygens (including phenoxy) is 1. The van der Waals surface area contributed by atoms with Crippen LogP contribution in [0.2, 0.25) is 0 Å². The monoisotopic (exact) mass is 528 g/mol. The highest BCUT2D eigenvalue weighted by molar-refractivity contribution is 5.92. The van der Waals surface area contributed by atoms with Crippen LogP contribution in [-0.4, -0.2) is 83.5 Å². The number of rotatable bonds is 5. The van der Waals surface area contributed by atoms with E-state index in [1.165, 1.54) is 22.0 Å². The maximum absolute atomic E-state index is 15.3. The van der Waals surface area contributed by atoms with Gasteiger partial charge in [0.05, 0.1) is 36.6 Å². The lowest BCUT2D eigenvalue weighted by Gasteiger charge is -2.26. The number of halogens is 1. The predicted octanol–water partition coefficient (Wildman–Crippen LogP) is 1.40. The zero-order valence-electron chi connectivity index (χ0n) is 20.4. The summed E-state index contributed by atoms with van der Waals surface area (Å²) >= 11 is 0. The molecule has 200 valence electrons. The van der Waals surface area contributed by atoms with E-state index in [-0.39, 0.29) is 18.3 Å². The van der Waals surface area contributed by atoms with Crippen molar-refractivity contribution in [1.82, 2.24) is 26.0 Å². The molecule has 3 aliphatic heterocycles. The number of nitrogens with one attached hydrogen (secondary N) is 2. The van der Waals surface area contributed by atoms with Crippen molar-refractivity contribution in [3.8, 4) is 0 Å². The molecule has 0 unspecified atom stereocenters. The van der Waals surface area contributed by atoms with Gasteiger partial charge in [-0.15, -0.1) is 5.12 Å². The van der Waals surface area contributed by atoms with Gasteiger partial charge in [0.2, 0.25) is 5.76 Å². The Hall–Kier alpha value is -4.37. The molecule has 0 bridgehead atoms. The van der Waals surface area contributed by atoms with Crippen LogP contribution in [0.25, 0.3) is 0 Å². The molecule has 38 heavy (non-hydrogen) atoms. The van der Waals surface area contributed by atoms with Crippen LogP contribution in [0.5, 0.6) is 0 Å². The molecule has 15 heteroatoms. The number of benzene rings is 1. The predicted molar refractivity (Wildman–Crippen MR) is 130 cm³/mol. The molecule has 14 nitrogen and oxygen atoms in total. The highest BCUT2D eigenvalue weighted by Crippen LogP contribution is 2.50. The molecule has 2 N–H and O–H groups in total. The highest BCUT2D eigenvalue weighted by atomic mass is 19.1. The van der Waals surface area contributed by atoms with Crippen molar-refractivity contribution < 1.29 is 28.1 Å². The van der Waals surface area contributed by atoms with Crippen LogP contribution in [0.4, 0.5) is 26.4 Å². The number of carbonyl (C=O) groups is 2. The Morgan fingerprint density at radius 3 is 2.79 bits per heavy atom. The van der Waals surface area contributed by atoms with E-state index in [0.29, 0.717) is 44.0 Å². The number of hydrogen-bond donors (Lipinski definition) is 2. The normalized spacial score (nSPS) is 25.1. The third-order valence-corrected chi connectivity index (χ3v) is 7.17. The molecule has 3 fully saturated rings. The fourth-order valence-electron chi connectivity index (χ4n) is 5.11. The average Bonchev–Trinajstić information content (AvgIpc) is 3.16. The smallest absolute Gasteiger partial charge is 0.433 e. The van der Waals surface area contributed by atoms with Crippen molar-refractivity contribution in [2.45, 2.75) is 18.1 Å². The van der Waals surface area contributed by atoms with Crippen molar-refractivity contribution in [2.75, 3.05) is 49.6 Å². The number of hydrogen-bond acceptors (Lipinski definition) is 11. The Kier molecular flexibility index (Phi) is 5.61. The van der Waals surface area contributed by atoms with Gasteiger partial charge in [0.15, 0.2) is 5.60 Å². The number of nitrogens with zero attached hydrogens (tertiary/aromatic N) is 6. The number of hydrazine groups is 3. The van der Waals surface area contributed by atoms with Crippen LogP contribution >= 0.6 is 0 Å². The Balaban J connectivity index is 1.11. The van der Waals surface area contributed by atoms with Gasteiger partial charge < -0.3 is 19.5 Å². The molecular weight excluding hydrogens is 503 g/mol. The van der Waals surface area contributed by atoms with Crippen molar-refractivity contribution in [1.29, 1.82) is 0 Å². The maximum atomic E-state index is 15.3. The molecule has 1 aliphatic carbocycles. The highest BCUT2D eigenvalue weighted by Gasteiger charge is 2.66. The summed E-state index contributed by atoms with van der Waals surface area (Å²) in [7, 11) is 1.87. The lowest BCUT2D eigenvalue weighted by Crippen LogP contribution is -2.43. The molecule has 4 aliphatic rings. The fraction of sp³-hybridized carbons (Fsp3) is 0.391. The second-order valence-corrected chi connectivity index (χ2v) is 9.47. The summed E-state index contributed by atoms with van der Waals surface area (Å²) in [6.07, 6.45) is 3.84. The summed E-state index contributed by atoms with van der Waals surface area (Å²) in [5, 5.41) is 15.9. The molecule has 2 amide bonds. The van der Waals surface area contributed by atoms with E-state index in [1.54, 1.807) is 23.2 Å². The van der Waals surface area contributed by atoms with Gasteiger partial charge in [-0.2, -0.15) is 0 Å². The quantitative estimate of drug-likeness (QED) is 0.430. The number of carbonyl (C=O) groups excluding carboxylic acids is 2. The largest absolute Gasteiger partial charge is 0.438 e. The molecule has 0 radical (unpaired) electrons. The first-order valence-corrected chi connectivity index (χ1v) is 12.1. The van der Waals surface area contributed by atoms with Crippen molar-refractivity contribution in [3.63, 3.8) is 0 Å². The first-order chi connectivity index (χ1) is 18.3. The lowest BCUT2D eigenvalue weighted by atomic mass is 10.2. The zero-order chi connectivity index (χ0) is 26.6. The van der Waals surface area contributed by atoms with Gasteiger partial charge >= 0.3 is 17.9 Å². The number of nitro groups is 1. The van der Waals surface area contributed by atoms with Gasteiger partial charge in [0.25, 0.3) is 0 Å². The Labute approximate surface area is 215 Å². The van der Waals surface area contributed by atoms with Crippen LogP contribution in [0.3, 0.4) is 0 Å².